The van der Waals surface area contributed by atoms with Crippen LogP contribution in [-0.2, 0) is 10.1 Å². The molecular weight excluding hydrogens is 318 g/mol. The molecule has 108 valence electrons. The summed E-state index contributed by atoms with van der Waals surface area (Å²) >= 11 is 5.78. The predicted molar refractivity (Wildman–Crippen MR) is 67.6 cm³/mol. The van der Waals surface area contributed by atoms with Crippen molar-refractivity contribution in [2.24, 2.45) is 5.10 Å². The molecule has 0 unspecified atom stereocenters. The van der Waals surface area contributed by atoms with E-state index in [1.54, 1.807) is 0 Å². The van der Waals surface area contributed by atoms with Crippen molar-refractivity contribution in [1.29, 1.82) is 0 Å². The van der Waals surface area contributed by atoms with Gasteiger partial charge in [-0.25, -0.2) is 5.43 Å². The van der Waals surface area contributed by atoms with Crippen LogP contribution in [0.4, 0.5) is 14.5 Å². The van der Waals surface area contributed by atoms with E-state index in [0.717, 1.165) is 12.1 Å². The Hall–Kier alpha value is -1.91. The van der Waals surface area contributed by atoms with Gasteiger partial charge < -0.3 is 0 Å². The number of halogens is 3. The molecule has 3 N–H and O–H groups in total. The summed E-state index contributed by atoms with van der Waals surface area (Å²) in [6, 6.07) is 3.21. The van der Waals surface area contributed by atoms with Gasteiger partial charge in [0.15, 0.2) is 0 Å². The number of rotatable bonds is 3. The molecule has 0 bridgehead atoms. The first-order valence-electron chi connectivity index (χ1n) is 4.97. The zero-order chi connectivity index (χ0) is 14.9. The molecular formula is C9H7ClF2N4O3S. The Morgan fingerprint density at radius 2 is 2.10 bits per heavy atom. The Kier molecular flexibility index (Phi) is 3.79. The lowest BCUT2D eigenvalue weighted by Crippen LogP contribution is -2.39. The Morgan fingerprint density at radius 3 is 2.65 bits per heavy atom. The highest BCUT2D eigenvalue weighted by Crippen LogP contribution is 2.25. The maximum Gasteiger partial charge on any atom is 0.294 e. The van der Waals surface area contributed by atoms with E-state index in [9.17, 15) is 17.2 Å². The second-order valence-electron chi connectivity index (χ2n) is 3.57. The Bertz CT molecular complexity index is 707. The normalized spacial score (nSPS) is 15.3. The first-order chi connectivity index (χ1) is 9.25. The monoisotopic (exact) mass is 324 g/mol. The van der Waals surface area contributed by atoms with Crippen molar-refractivity contribution < 1.29 is 21.8 Å². The fraction of sp³-hybridized carbons (Fsp3) is 0. The van der Waals surface area contributed by atoms with Gasteiger partial charge in [0.25, 0.3) is 10.1 Å². The van der Waals surface area contributed by atoms with Gasteiger partial charge in [-0.15, -0.1) is 10.3 Å². The van der Waals surface area contributed by atoms with Crippen molar-refractivity contribution in [3.8, 4) is 0 Å². The van der Waals surface area contributed by atoms with Crippen molar-refractivity contribution in [3.05, 3.63) is 35.2 Å². The van der Waals surface area contributed by atoms with E-state index in [2.05, 4.69) is 10.5 Å². The number of hydrazone groups is 1. The van der Waals surface area contributed by atoms with Gasteiger partial charge in [-0.2, -0.15) is 17.2 Å². The molecule has 0 atom stereocenters. The molecule has 0 saturated heterocycles. The van der Waals surface area contributed by atoms with Crippen LogP contribution in [0.3, 0.4) is 0 Å². The van der Waals surface area contributed by atoms with Crippen molar-refractivity contribution in [1.82, 2.24) is 10.7 Å². The third-order valence-corrected chi connectivity index (χ3v) is 3.28. The van der Waals surface area contributed by atoms with Gasteiger partial charge in [-0.3, -0.25) is 9.98 Å². The molecule has 0 radical (unpaired) electrons. The van der Waals surface area contributed by atoms with Crippen LogP contribution in [0.5, 0.6) is 0 Å². The van der Waals surface area contributed by atoms with Gasteiger partial charge in [0, 0.05) is 6.08 Å². The van der Waals surface area contributed by atoms with Gasteiger partial charge in [-0.05, 0) is 18.2 Å². The van der Waals surface area contributed by atoms with Crippen LogP contribution in [-0.4, -0.2) is 24.2 Å². The van der Waals surface area contributed by atoms with Crippen molar-refractivity contribution >= 4 is 33.4 Å². The molecule has 2 rings (SSSR count). The number of hydrogen-bond donors (Lipinski definition) is 3. The Morgan fingerprint density at radius 1 is 1.40 bits per heavy atom. The third kappa shape index (κ3) is 3.35. The summed E-state index contributed by atoms with van der Waals surface area (Å²) in [5, 5.41) is 3.76. The maximum atomic E-state index is 12.9. The first kappa shape index (κ1) is 14.5. The number of anilines is 1. The molecule has 0 saturated carbocycles. The van der Waals surface area contributed by atoms with Crippen LogP contribution in [0.25, 0.3) is 0 Å². The second-order valence-corrected chi connectivity index (χ2v) is 5.40. The molecule has 0 spiro atoms. The fourth-order valence-corrected chi connectivity index (χ4v) is 2.10. The first-order valence-corrected chi connectivity index (χ1v) is 6.79. The van der Waals surface area contributed by atoms with E-state index >= 15 is 0 Å². The molecule has 1 heterocycles. The largest absolute Gasteiger partial charge is 0.294 e. The van der Waals surface area contributed by atoms with Crippen LogP contribution in [0, 0.1) is 0 Å². The number of hydrazine groups is 2. The second kappa shape index (κ2) is 5.23. The van der Waals surface area contributed by atoms with Gasteiger partial charge in [0.1, 0.15) is 0 Å². The molecule has 0 fully saturated rings. The average molecular weight is 325 g/mol. The highest BCUT2D eigenvalue weighted by molar-refractivity contribution is 7.85. The standard InChI is InChI=1S/C9H7ClF2N4O3S/c10-6-3-5(20(17,18)19)1-2-7(6)13-16-14-8(11)4-9(12)15-16/h1-4,13-14H,(H,17,18,19). The summed E-state index contributed by atoms with van der Waals surface area (Å²) in [5.41, 5.74) is 4.53. The van der Waals surface area contributed by atoms with Crippen LogP contribution in [0.2, 0.25) is 5.02 Å². The minimum atomic E-state index is -4.39. The summed E-state index contributed by atoms with van der Waals surface area (Å²) in [4.78, 5) is -0.416. The minimum Gasteiger partial charge on any atom is -0.282 e. The summed E-state index contributed by atoms with van der Waals surface area (Å²) in [6.07, 6.45) is 0.529. The summed E-state index contributed by atoms with van der Waals surface area (Å²) in [5.74, 6) is -2.07. The molecule has 0 amide bonds. The molecule has 0 aliphatic carbocycles. The predicted octanol–water partition coefficient (Wildman–Crippen LogP) is 1.83. The third-order valence-electron chi connectivity index (χ3n) is 2.12. The van der Waals surface area contributed by atoms with Gasteiger partial charge in [0.05, 0.1) is 15.6 Å². The van der Waals surface area contributed by atoms with Crippen LogP contribution < -0.4 is 10.9 Å². The van der Waals surface area contributed by atoms with Gasteiger partial charge >= 0.3 is 0 Å². The van der Waals surface area contributed by atoms with Crippen LogP contribution in [0.15, 0.2) is 40.2 Å². The zero-order valence-corrected chi connectivity index (χ0v) is 11.1. The molecule has 1 aromatic carbocycles. The van der Waals surface area contributed by atoms with Crippen molar-refractivity contribution in [2.75, 3.05) is 5.43 Å². The number of nitrogens with zero attached hydrogens (tertiary/aromatic N) is 2. The maximum absolute atomic E-state index is 12.9. The molecule has 20 heavy (non-hydrogen) atoms. The summed E-state index contributed by atoms with van der Waals surface area (Å²) in [6.45, 7) is 0. The molecule has 1 aliphatic heterocycles. The number of allylic oxidation sites excluding steroid dienone is 1. The van der Waals surface area contributed by atoms with Gasteiger partial charge in [-0.1, -0.05) is 11.6 Å². The average Bonchev–Trinajstić information content (AvgIpc) is 2.29. The lowest BCUT2D eigenvalue weighted by atomic mass is 10.3. The van der Waals surface area contributed by atoms with E-state index in [4.69, 9.17) is 16.2 Å². The molecule has 0 aromatic heterocycles. The van der Waals surface area contributed by atoms with Gasteiger partial charge in [0.2, 0.25) is 11.9 Å². The van der Waals surface area contributed by atoms with Crippen molar-refractivity contribution in [3.63, 3.8) is 0 Å². The zero-order valence-electron chi connectivity index (χ0n) is 9.51. The fourth-order valence-electron chi connectivity index (χ4n) is 1.30. The smallest absolute Gasteiger partial charge is 0.282 e. The van der Waals surface area contributed by atoms with E-state index in [-0.39, 0.29) is 10.7 Å². The quantitative estimate of drug-likeness (QED) is 0.580. The Labute approximate surface area is 117 Å². The van der Waals surface area contributed by atoms with E-state index < -0.39 is 26.9 Å². The number of nitrogens with one attached hydrogen (secondary N) is 2. The molecule has 7 nitrogen and oxygen atoms in total. The summed E-state index contributed by atoms with van der Waals surface area (Å²) in [7, 11) is -4.39. The van der Waals surface area contributed by atoms with E-state index in [0.29, 0.717) is 11.3 Å². The van der Waals surface area contributed by atoms with Crippen molar-refractivity contribution in [2.45, 2.75) is 4.90 Å². The highest BCUT2D eigenvalue weighted by atomic mass is 35.5. The lowest BCUT2D eigenvalue weighted by molar-refractivity contribution is 0.233. The van der Waals surface area contributed by atoms with E-state index in [1.165, 1.54) is 6.07 Å². The Balaban J connectivity index is 2.22. The molecule has 1 aliphatic rings. The highest BCUT2D eigenvalue weighted by Gasteiger charge is 2.16. The minimum absolute atomic E-state index is 0.104. The molecule has 11 heteroatoms. The molecule has 1 aromatic rings. The topological polar surface area (TPSA) is 94.0 Å². The SMILES string of the molecule is O=S(=O)(O)c1ccc(NN2N=C(F)C=C(F)N2)c(Cl)c1. The van der Waals surface area contributed by atoms with Crippen LogP contribution >= 0.6 is 11.6 Å². The van der Waals surface area contributed by atoms with E-state index in [1.807, 2.05) is 5.43 Å². The van der Waals surface area contributed by atoms with Crippen LogP contribution in [0.1, 0.15) is 0 Å². The number of benzene rings is 1. The number of hydrogen-bond acceptors (Lipinski definition) is 6. The lowest BCUT2D eigenvalue weighted by Gasteiger charge is -2.23. The summed E-state index contributed by atoms with van der Waals surface area (Å²) < 4.78 is 56.4.